The van der Waals surface area contributed by atoms with E-state index in [1.807, 2.05) is 18.3 Å². The molecule has 2 aromatic heterocycles. The van der Waals surface area contributed by atoms with E-state index >= 15 is 0 Å². The number of amides is 1. The van der Waals surface area contributed by atoms with Crippen molar-refractivity contribution in [1.82, 2.24) is 20.3 Å². The number of pyridine rings is 1. The first-order valence-corrected chi connectivity index (χ1v) is 10.2. The van der Waals surface area contributed by atoms with Crippen molar-refractivity contribution in [2.45, 2.75) is 45.6 Å². The summed E-state index contributed by atoms with van der Waals surface area (Å²) in [6.07, 6.45) is 7.52. The zero-order valence-corrected chi connectivity index (χ0v) is 17.2. The number of benzene rings is 1. The summed E-state index contributed by atoms with van der Waals surface area (Å²) in [7, 11) is 0. The number of rotatable bonds is 5. The number of aryl methyl sites for hydroxylation is 1. The van der Waals surface area contributed by atoms with Gasteiger partial charge in [-0.3, -0.25) is 9.78 Å². The Morgan fingerprint density at radius 2 is 1.97 bits per heavy atom. The van der Waals surface area contributed by atoms with Crippen molar-refractivity contribution in [3.63, 3.8) is 0 Å². The topological polar surface area (TPSA) is 67.8 Å². The summed E-state index contributed by atoms with van der Waals surface area (Å²) in [6, 6.07) is 10.2. The lowest BCUT2D eigenvalue weighted by Crippen LogP contribution is -2.37. The van der Waals surface area contributed by atoms with Crippen LogP contribution in [0.25, 0.3) is 11.4 Å². The Bertz CT molecular complexity index is 1050. The summed E-state index contributed by atoms with van der Waals surface area (Å²) in [6.45, 7) is 4.37. The molecule has 2 heterocycles. The number of nitrogens with one attached hydrogen (secondary N) is 1. The van der Waals surface area contributed by atoms with Crippen LogP contribution in [-0.4, -0.2) is 20.9 Å². The molecule has 1 amide bonds. The fourth-order valence-corrected chi connectivity index (χ4v) is 4.03. The van der Waals surface area contributed by atoms with E-state index in [2.05, 4.69) is 29.1 Å². The standard InChI is InChI=1S/C24H25FN4O/c1-24(2)13-20(28-22(30)8-7-16-5-3-4-6-19(16)25)18-15-27-23(29-21(18)14-24)17-9-11-26-12-10-17/h3-6,9-12,15,20H,7-8,13-14H2,1-2H3,(H,28,30)/t20-/m0/s1. The molecule has 1 atom stereocenters. The first-order valence-electron chi connectivity index (χ1n) is 10.2. The van der Waals surface area contributed by atoms with Gasteiger partial charge in [0.1, 0.15) is 5.82 Å². The summed E-state index contributed by atoms with van der Waals surface area (Å²) >= 11 is 0. The third-order valence-electron chi connectivity index (χ3n) is 5.53. The number of aromatic nitrogens is 3. The van der Waals surface area contributed by atoms with E-state index in [-0.39, 0.29) is 29.6 Å². The predicted molar refractivity (Wildman–Crippen MR) is 113 cm³/mol. The Morgan fingerprint density at radius 1 is 1.20 bits per heavy atom. The van der Waals surface area contributed by atoms with E-state index in [1.165, 1.54) is 6.07 Å². The van der Waals surface area contributed by atoms with Crippen LogP contribution in [-0.2, 0) is 17.6 Å². The zero-order valence-electron chi connectivity index (χ0n) is 17.2. The van der Waals surface area contributed by atoms with Crippen molar-refractivity contribution in [2.24, 2.45) is 5.41 Å². The average molecular weight is 404 g/mol. The van der Waals surface area contributed by atoms with Crippen LogP contribution in [0.2, 0.25) is 0 Å². The minimum atomic E-state index is -0.272. The van der Waals surface area contributed by atoms with E-state index < -0.39 is 0 Å². The lowest BCUT2D eigenvalue weighted by Gasteiger charge is -2.36. The number of nitrogens with zero attached hydrogens (tertiary/aromatic N) is 3. The molecular weight excluding hydrogens is 379 g/mol. The molecule has 6 heteroatoms. The van der Waals surface area contributed by atoms with E-state index in [0.29, 0.717) is 17.8 Å². The maximum Gasteiger partial charge on any atom is 0.220 e. The zero-order chi connectivity index (χ0) is 21.1. The third-order valence-corrected chi connectivity index (χ3v) is 5.53. The normalized spacial score (nSPS) is 17.2. The van der Waals surface area contributed by atoms with E-state index in [9.17, 15) is 9.18 Å². The Balaban J connectivity index is 1.51. The number of fused-ring (bicyclic) bond motifs is 1. The van der Waals surface area contributed by atoms with Crippen molar-refractivity contribution >= 4 is 5.91 Å². The van der Waals surface area contributed by atoms with Crippen molar-refractivity contribution in [1.29, 1.82) is 0 Å². The summed E-state index contributed by atoms with van der Waals surface area (Å²) in [5.41, 5.74) is 3.41. The highest BCUT2D eigenvalue weighted by Crippen LogP contribution is 2.40. The SMILES string of the molecule is CC1(C)Cc2nc(-c3ccncc3)ncc2[C@@H](NC(=O)CCc2ccccc2F)C1. The van der Waals surface area contributed by atoms with Gasteiger partial charge in [0.25, 0.3) is 0 Å². The second-order valence-electron chi connectivity index (χ2n) is 8.59. The fourth-order valence-electron chi connectivity index (χ4n) is 4.03. The number of carbonyl (C=O) groups is 1. The Kier molecular flexibility index (Phi) is 5.57. The molecule has 1 aliphatic rings. The molecule has 0 saturated heterocycles. The molecule has 30 heavy (non-hydrogen) atoms. The quantitative estimate of drug-likeness (QED) is 0.683. The van der Waals surface area contributed by atoms with Gasteiger partial charge in [-0.15, -0.1) is 0 Å². The molecule has 3 aromatic rings. The molecule has 0 spiro atoms. The summed E-state index contributed by atoms with van der Waals surface area (Å²) in [4.78, 5) is 26.0. The number of hydrogen-bond acceptors (Lipinski definition) is 4. The molecule has 154 valence electrons. The van der Waals surface area contributed by atoms with Crippen LogP contribution in [0.1, 0.15) is 49.6 Å². The van der Waals surface area contributed by atoms with Crippen molar-refractivity contribution in [2.75, 3.05) is 0 Å². The van der Waals surface area contributed by atoms with Gasteiger partial charge in [0.2, 0.25) is 5.91 Å². The molecule has 4 rings (SSSR count). The van der Waals surface area contributed by atoms with Crippen LogP contribution in [0.4, 0.5) is 4.39 Å². The Labute approximate surface area is 175 Å². The number of halogens is 1. The maximum atomic E-state index is 13.8. The van der Waals surface area contributed by atoms with E-state index in [0.717, 1.165) is 29.7 Å². The van der Waals surface area contributed by atoms with Gasteiger partial charge in [-0.2, -0.15) is 0 Å². The lowest BCUT2D eigenvalue weighted by molar-refractivity contribution is -0.122. The summed E-state index contributed by atoms with van der Waals surface area (Å²) in [5.74, 6) is 0.301. The van der Waals surface area contributed by atoms with Crippen LogP contribution < -0.4 is 5.32 Å². The lowest BCUT2D eigenvalue weighted by atomic mass is 9.74. The third kappa shape index (κ3) is 4.53. The highest BCUT2D eigenvalue weighted by molar-refractivity contribution is 5.76. The monoisotopic (exact) mass is 404 g/mol. The minimum Gasteiger partial charge on any atom is -0.349 e. The van der Waals surface area contributed by atoms with Gasteiger partial charge in [0.05, 0.1) is 11.7 Å². The smallest absolute Gasteiger partial charge is 0.220 e. The van der Waals surface area contributed by atoms with Crippen molar-refractivity contribution < 1.29 is 9.18 Å². The molecule has 5 nitrogen and oxygen atoms in total. The van der Waals surface area contributed by atoms with Gasteiger partial charge in [0.15, 0.2) is 5.82 Å². The molecule has 0 bridgehead atoms. The van der Waals surface area contributed by atoms with E-state index in [4.69, 9.17) is 4.98 Å². The first-order chi connectivity index (χ1) is 14.4. The van der Waals surface area contributed by atoms with E-state index in [1.54, 1.807) is 30.6 Å². The van der Waals surface area contributed by atoms with Gasteiger partial charge in [-0.1, -0.05) is 32.0 Å². The second-order valence-corrected chi connectivity index (χ2v) is 8.59. The molecule has 0 saturated carbocycles. The highest BCUT2D eigenvalue weighted by atomic mass is 19.1. The Morgan fingerprint density at radius 3 is 2.73 bits per heavy atom. The van der Waals surface area contributed by atoms with Crippen LogP contribution in [0.5, 0.6) is 0 Å². The predicted octanol–water partition coefficient (Wildman–Crippen LogP) is 4.44. The van der Waals surface area contributed by atoms with Gasteiger partial charge < -0.3 is 5.32 Å². The first kappa shape index (κ1) is 20.1. The van der Waals surface area contributed by atoms with Crippen LogP contribution >= 0.6 is 0 Å². The van der Waals surface area contributed by atoms with Gasteiger partial charge in [0, 0.05) is 36.1 Å². The minimum absolute atomic E-state index is 0.000349. The number of carbonyl (C=O) groups excluding carboxylic acids is 1. The van der Waals surface area contributed by atoms with Gasteiger partial charge in [-0.05, 0) is 48.4 Å². The average Bonchev–Trinajstić information content (AvgIpc) is 2.72. The molecular formula is C24H25FN4O. The summed E-state index contributed by atoms with van der Waals surface area (Å²) in [5, 5.41) is 3.13. The Hall–Kier alpha value is -3.15. The van der Waals surface area contributed by atoms with Crippen LogP contribution in [0.15, 0.2) is 55.0 Å². The molecule has 1 aliphatic carbocycles. The summed E-state index contributed by atoms with van der Waals surface area (Å²) < 4.78 is 13.8. The van der Waals surface area contributed by atoms with Crippen molar-refractivity contribution in [3.05, 3.63) is 77.6 Å². The number of hydrogen-bond donors (Lipinski definition) is 1. The molecule has 1 aromatic carbocycles. The maximum absolute atomic E-state index is 13.8. The largest absolute Gasteiger partial charge is 0.349 e. The molecule has 0 fully saturated rings. The van der Waals surface area contributed by atoms with Crippen LogP contribution in [0.3, 0.4) is 0 Å². The molecule has 0 aliphatic heterocycles. The molecule has 1 N–H and O–H groups in total. The molecule has 0 unspecified atom stereocenters. The van der Waals surface area contributed by atoms with Crippen LogP contribution in [0, 0.1) is 11.2 Å². The highest BCUT2D eigenvalue weighted by Gasteiger charge is 2.34. The second kappa shape index (κ2) is 8.30. The van der Waals surface area contributed by atoms with Gasteiger partial charge in [-0.25, -0.2) is 14.4 Å². The molecule has 0 radical (unpaired) electrons. The fraction of sp³-hybridized carbons (Fsp3) is 0.333. The van der Waals surface area contributed by atoms with Gasteiger partial charge >= 0.3 is 0 Å². The van der Waals surface area contributed by atoms with Crippen molar-refractivity contribution in [3.8, 4) is 11.4 Å².